The minimum absolute atomic E-state index is 0.735. The Hall–Kier alpha value is -1.49. The molecule has 4 nitrogen and oxygen atoms in total. The zero-order chi connectivity index (χ0) is 13.8. The Morgan fingerprint density at radius 3 is 2.89 bits per heavy atom. The molecule has 2 aromatic rings. The molecule has 0 aliphatic rings. The van der Waals surface area contributed by atoms with Gasteiger partial charge in [0.15, 0.2) is 0 Å². The van der Waals surface area contributed by atoms with Crippen molar-refractivity contribution < 1.29 is 0 Å². The topological polar surface area (TPSA) is 55.9 Å². The smallest absolute Gasteiger partial charge is 0.148 e. The van der Waals surface area contributed by atoms with Crippen molar-refractivity contribution in [3.63, 3.8) is 0 Å². The molecule has 1 aromatic heterocycles. The van der Waals surface area contributed by atoms with Crippen LogP contribution in [0.4, 0.5) is 11.5 Å². The number of hydrogen-bond acceptors (Lipinski definition) is 3. The molecule has 3 N–H and O–H groups in total. The molecule has 0 aliphatic heterocycles. The van der Waals surface area contributed by atoms with Crippen LogP contribution in [0.5, 0.6) is 0 Å². The second-order valence-electron chi connectivity index (χ2n) is 4.55. The first-order valence-electron chi connectivity index (χ1n) is 6.43. The number of hydrogen-bond donors (Lipinski definition) is 2. The minimum Gasteiger partial charge on any atom is -0.394 e. The predicted molar refractivity (Wildman–Crippen MR) is 83.1 cm³/mol. The van der Waals surface area contributed by atoms with Crippen LogP contribution in [-0.2, 0) is 13.1 Å². The van der Waals surface area contributed by atoms with Crippen molar-refractivity contribution in [1.29, 1.82) is 0 Å². The number of aromatic nitrogens is 2. The highest BCUT2D eigenvalue weighted by molar-refractivity contribution is 9.10. The lowest BCUT2D eigenvalue weighted by atomic mass is 10.2. The molecule has 2 rings (SSSR count). The van der Waals surface area contributed by atoms with Crippen molar-refractivity contribution in [1.82, 2.24) is 9.78 Å². The van der Waals surface area contributed by atoms with Crippen LogP contribution in [0.15, 0.2) is 28.7 Å². The third-order valence-corrected chi connectivity index (χ3v) is 3.45. The number of benzene rings is 1. The molecule has 1 heterocycles. The largest absolute Gasteiger partial charge is 0.394 e. The summed E-state index contributed by atoms with van der Waals surface area (Å²) in [5, 5.41) is 7.83. The van der Waals surface area contributed by atoms with Crippen LogP contribution in [0.3, 0.4) is 0 Å². The Kier molecular flexibility index (Phi) is 4.47. The van der Waals surface area contributed by atoms with Crippen molar-refractivity contribution >= 4 is 27.4 Å². The summed E-state index contributed by atoms with van der Waals surface area (Å²) in [5.41, 5.74) is 8.90. The molecule has 5 heteroatoms. The molecule has 1 aromatic carbocycles. The first-order chi connectivity index (χ1) is 9.11. The van der Waals surface area contributed by atoms with Crippen LogP contribution in [0, 0.1) is 6.92 Å². The van der Waals surface area contributed by atoms with Crippen molar-refractivity contribution in [3.8, 4) is 0 Å². The maximum Gasteiger partial charge on any atom is 0.148 e. The lowest BCUT2D eigenvalue weighted by molar-refractivity contribution is 0.603. The van der Waals surface area contributed by atoms with Crippen molar-refractivity contribution in [2.75, 3.05) is 11.1 Å². The molecule has 102 valence electrons. The molecule has 0 saturated heterocycles. The molecule has 19 heavy (non-hydrogen) atoms. The zero-order valence-corrected chi connectivity index (χ0v) is 12.9. The number of nitrogen functional groups attached to an aromatic ring is 1. The third kappa shape index (κ3) is 3.29. The Labute approximate surface area is 122 Å². The molecule has 0 aliphatic carbocycles. The van der Waals surface area contributed by atoms with Gasteiger partial charge in [-0.25, -0.2) is 4.68 Å². The van der Waals surface area contributed by atoms with E-state index in [1.54, 1.807) is 0 Å². The molecule has 0 radical (unpaired) electrons. The van der Waals surface area contributed by atoms with Gasteiger partial charge in [-0.05, 0) is 31.0 Å². The Morgan fingerprint density at radius 2 is 2.21 bits per heavy atom. The van der Waals surface area contributed by atoms with Gasteiger partial charge in [0.1, 0.15) is 5.82 Å². The second kappa shape index (κ2) is 6.10. The Bertz CT molecular complexity index is 563. The van der Waals surface area contributed by atoms with E-state index >= 15 is 0 Å². The lowest BCUT2D eigenvalue weighted by Gasteiger charge is -2.10. The molecule has 0 saturated carbocycles. The SMILES string of the molecule is CCCn1nc(C)c(N)c1NCc1cccc(Br)c1. The fraction of sp³-hybridized carbons (Fsp3) is 0.357. The van der Waals surface area contributed by atoms with Crippen LogP contribution in [0.25, 0.3) is 0 Å². The summed E-state index contributed by atoms with van der Waals surface area (Å²) in [6.07, 6.45) is 1.03. The highest BCUT2D eigenvalue weighted by atomic mass is 79.9. The van der Waals surface area contributed by atoms with Crippen LogP contribution >= 0.6 is 15.9 Å². The molecule has 0 fully saturated rings. The van der Waals surface area contributed by atoms with Gasteiger partial charge in [0.05, 0.1) is 11.4 Å². The zero-order valence-electron chi connectivity index (χ0n) is 11.3. The summed E-state index contributed by atoms with van der Waals surface area (Å²) in [4.78, 5) is 0. The van der Waals surface area contributed by atoms with Gasteiger partial charge in [0.2, 0.25) is 0 Å². The number of halogens is 1. The van der Waals surface area contributed by atoms with Crippen LogP contribution in [0.1, 0.15) is 24.6 Å². The van der Waals surface area contributed by atoms with Gasteiger partial charge in [-0.2, -0.15) is 5.10 Å². The molecule has 0 atom stereocenters. The summed E-state index contributed by atoms with van der Waals surface area (Å²) in [6, 6.07) is 8.22. The van der Waals surface area contributed by atoms with Crippen molar-refractivity contribution in [2.45, 2.75) is 33.4 Å². The van der Waals surface area contributed by atoms with E-state index in [0.717, 1.165) is 41.2 Å². The average Bonchev–Trinajstić information content (AvgIpc) is 2.63. The predicted octanol–water partition coefficient (Wildman–Crippen LogP) is 3.56. The second-order valence-corrected chi connectivity index (χ2v) is 5.47. The highest BCUT2D eigenvalue weighted by Crippen LogP contribution is 2.23. The fourth-order valence-electron chi connectivity index (χ4n) is 1.99. The van der Waals surface area contributed by atoms with Crippen LogP contribution in [-0.4, -0.2) is 9.78 Å². The number of rotatable bonds is 5. The minimum atomic E-state index is 0.735. The monoisotopic (exact) mass is 322 g/mol. The number of anilines is 2. The van der Waals surface area contributed by atoms with Gasteiger partial charge in [-0.1, -0.05) is 35.0 Å². The van der Waals surface area contributed by atoms with Crippen LogP contribution < -0.4 is 11.1 Å². The van der Waals surface area contributed by atoms with Crippen LogP contribution in [0.2, 0.25) is 0 Å². The number of nitrogens with two attached hydrogens (primary N) is 1. The summed E-state index contributed by atoms with van der Waals surface area (Å²) in [5.74, 6) is 0.916. The number of nitrogens with zero attached hydrogens (tertiary/aromatic N) is 2. The molecular formula is C14H19BrN4. The van der Waals surface area contributed by atoms with Gasteiger partial charge >= 0.3 is 0 Å². The standard InChI is InChI=1S/C14H19BrN4/c1-3-7-19-14(13(16)10(2)18-19)17-9-11-5-4-6-12(15)8-11/h4-6,8,17H,3,7,9,16H2,1-2H3. The summed E-state index contributed by atoms with van der Waals surface area (Å²) in [6.45, 7) is 5.68. The maximum atomic E-state index is 6.07. The molecule has 0 unspecified atom stereocenters. The van der Waals surface area contributed by atoms with Gasteiger partial charge < -0.3 is 11.1 Å². The van der Waals surface area contributed by atoms with E-state index in [-0.39, 0.29) is 0 Å². The molecule has 0 bridgehead atoms. The molecule has 0 spiro atoms. The van der Waals surface area contributed by atoms with E-state index in [4.69, 9.17) is 5.73 Å². The Balaban J connectivity index is 2.14. The summed E-state index contributed by atoms with van der Waals surface area (Å²) < 4.78 is 3.03. The lowest BCUT2D eigenvalue weighted by Crippen LogP contribution is -2.09. The normalized spacial score (nSPS) is 10.7. The van der Waals surface area contributed by atoms with Crippen molar-refractivity contribution in [3.05, 3.63) is 40.0 Å². The van der Waals surface area contributed by atoms with E-state index in [0.29, 0.717) is 0 Å². The fourth-order valence-corrected chi connectivity index (χ4v) is 2.43. The van der Waals surface area contributed by atoms with Crippen molar-refractivity contribution in [2.24, 2.45) is 0 Å². The van der Waals surface area contributed by atoms with E-state index < -0.39 is 0 Å². The summed E-state index contributed by atoms with van der Waals surface area (Å²) >= 11 is 3.48. The van der Waals surface area contributed by atoms with E-state index in [1.165, 1.54) is 5.56 Å². The number of nitrogens with one attached hydrogen (secondary N) is 1. The first kappa shape index (κ1) is 13.9. The highest BCUT2D eigenvalue weighted by Gasteiger charge is 2.11. The van der Waals surface area contributed by atoms with Gasteiger partial charge in [0, 0.05) is 17.6 Å². The average molecular weight is 323 g/mol. The van der Waals surface area contributed by atoms with E-state index in [9.17, 15) is 0 Å². The van der Waals surface area contributed by atoms with Gasteiger partial charge in [-0.3, -0.25) is 0 Å². The third-order valence-electron chi connectivity index (χ3n) is 2.96. The maximum absolute atomic E-state index is 6.07. The van der Waals surface area contributed by atoms with E-state index in [1.807, 2.05) is 23.7 Å². The van der Waals surface area contributed by atoms with Gasteiger partial charge in [0.25, 0.3) is 0 Å². The first-order valence-corrected chi connectivity index (χ1v) is 7.22. The van der Waals surface area contributed by atoms with E-state index in [2.05, 4.69) is 45.4 Å². The molecule has 0 amide bonds. The summed E-state index contributed by atoms with van der Waals surface area (Å²) in [7, 11) is 0. The number of aryl methyl sites for hydroxylation is 2. The quantitative estimate of drug-likeness (QED) is 0.884. The molecular weight excluding hydrogens is 304 g/mol. The Morgan fingerprint density at radius 1 is 1.42 bits per heavy atom. The van der Waals surface area contributed by atoms with Gasteiger partial charge in [-0.15, -0.1) is 0 Å².